The number of piperidine rings is 1. The van der Waals surface area contributed by atoms with Gasteiger partial charge in [0.25, 0.3) is 0 Å². The van der Waals surface area contributed by atoms with Crippen molar-refractivity contribution < 1.29 is 4.79 Å². The van der Waals surface area contributed by atoms with Gasteiger partial charge in [0.1, 0.15) is 0 Å². The molecule has 0 aromatic heterocycles. The van der Waals surface area contributed by atoms with Gasteiger partial charge in [0.15, 0.2) is 0 Å². The van der Waals surface area contributed by atoms with Crippen LogP contribution >= 0.6 is 0 Å². The van der Waals surface area contributed by atoms with E-state index in [9.17, 15) is 4.79 Å². The molecule has 1 aliphatic rings. The van der Waals surface area contributed by atoms with Gasteiger partial charge in [-0.2, -0.15) is 0 Å². The Morgan fingerprint density at radius 3 is 2.68 bits per heavy atom. The highest BCUT2D eigenvalue weighted by Crippen LogP contribution is 2.18. The average Bonchev–Trinajstić information content (AvgIpc) is 2.54. The zero-order valence-corrected chi connectivity index (χ0v) is 14.0. The first-order chi connectivity index (χ1) is 10.5. The summed E-state index contributed by atoms with van der Waals surface area (Å²) < 4.78 is 0. The van der Waals surface area contributed by atoms with Gasteiger partial charge >= 0.3 is 0 Å². The Balaban J connectivity index is 1.94. The van der Waals surface area contributed by atoms with E-state index in [1.807, 2.05) is 31.9 Å². The van der Waals surface area contributed by atoms with Gasteiger partial charge < -0.3 is 10.6 Å². The highest BCUT2D eigenvalue weighted by atomic mass is 16.2. The Labute approximate surface area is 134 Å². The third-order valence-corrected chi connectivity index (χ3v) is 4.63. The molecule has 22 heavy (non-hydrogen) atoms. The lowest BCUT2D eigenvalue weighted by Gasteiger charge is -2.39. The maximum atomic E-state index is 12.4. The fourth-order valence-corrected chi connectivity index (χ4v) is 3.03. The minimum absolute atomic E-state index is 0.0709. The van der Waals surface area contributed by atoms with Crippen LogP contribution in [0.25, 0.3) is 0 Å². The molecular formula is C18H29N3O. The van der Waals surface area contributed by atoms with Crippen molar-refractivity contribution in [1.29, 1.82) is 0 Å². The van der Waals surface area contributed by atoms with Crippen LogP contribution in [0.3, 0.4) is 0 Å². The second kappa shape index (κ2) is 7.75. The van der Waals surface area contributed by atoms with Crippen LogP contribution < -0.4 is 5.73 Å². The summed E-state index contributed by atoms with van der Waals surface area (Å²) >= 11 is 0. The molecule has 1 aromatic carbocycles. The number of nitrogens with zero attached hydrogens (tertiary/aromatic N) is 2. The molecule has 1 fully saturated rings. The number of carbonyl (C=O) groups is 1. The van der Waals surface area contributed by atoms with Crippen LogP contribution in [0.4, 0.5) is 0 Å². The number of hydrogen-bond donors (Lipinski definition) is 1. The zero-order valence-electron chi connectivity index (χ0n) is 14.0. The van der Waals surface area contributed by atoms with Gasteiger partial charge in [-0.05, 0) is 30.9 Å². The van der Waals surface area contributed by atoms with E-state index in [0.29, 0.717) is 0 Å². The van der Waals surface area contributed by atoms with Crippen molar-refractivity contribution in [2.75, 3.05) is 20.1 Å². The maximum Gasteiger partial charge on any atom is 0.239 e. The largest absolute Gasteiger partial charge is 0.340 e. The Morgan fingerprint density at radius 2 is 2.05 bits per heavy atom. The summed E-state index contributed by atoms with van der Waals surface area (Å²) in [5, 5.41) is 0. The van der Waals surface area contributed by atoms with Crippen LogP contribution in [0.1, 0.15) is 32.3 Å². The van der Waals surface area contributed by atoms with Crippen LogP contribution in [0.15, 0.2) is 30.3 Å². The monoisotopic (exact) mass is 303 g/mol. The molecule has 1 aromatic rings. The molecule has 2 rings (SSSR count). The van der Waals surface area contributed by atoms with E-state index in [1.54, 1.807) is 0 Å². The Bertz CT molecular complexity index is 474. The summed E-state index contributed by atoms with van der Waals surface area (Å²) in [5.41, 5.74) is 7.35. The Hall–Kier alpha value is -1.39. The van der Waals surface area contributed by atoms with E-state index < -0.39 is 6.04 Å². The van der Waals surface area contributed by atoms with Crippen molar-refractivity contribution in [3.63, 3.8) is 0 Å². The van der Waals surface area contributed by atoms with Crippen molar-refractivity contribution in [3.05, 3.63) is 35.9 Å². The topological polar surface area (TPSA) is 49.6 Å². The molecule has 4 heteroatoms. The highest BCUT2D eigenvalue weighted by Gasteiger charge is 2.29. The number of benzene rings is 1. The second-order valence-corrected chi connectivity index (χ2v) is 6.74. The standard InChI is InChI=1S/C18H29N3O/c1-14(2)17(19)18(22)20(3)16-10-7-11-21(13-16)12-15-8-5-4-6-9-15/h4-6,8-9,14,16-17H,7,10-13,19H2,1-3H3/t16-,17+/m1/s1. The van der Waals surface area contributed by atoms with Crippen LogP contribution in [0, 0.1) is 5.92 Å². The van der Waals surface area contributed by atoms with Gasteiger partial charge in [0, 0.05) is 26.2 Å². The van der Waals surface area contributed by atoms with E-state index in [2.05, 4.69) is 29.2 Å². The minimum atomic E-state index is -0.394. The van der Waals surface area contributed by atoms with E-state index in [4.69, 9.17) is 5.73 Å². The van der Waals surface area contributed by atoms with E-state index in [-0.39, 0.29) is 17.9 Å². The molecular weight excluding hydrogens is 274 g/mol. The van der Waals surface area contributed by atoms with E-state index >= 15 is 0 Å². The summed E-state index contributed by atoms with van der Waals surface area (Å²) in [5.74, 6) is 0.250. The number of amides is 1. The summed E-state index contributed by atoms with van der Waals surface area (Å²) in [7, 11) is 1.90. The van der Waals surface area contributed by atoms with Crippen molar-refractivity contribution in [1.82, 2.24) is 9.80 Å². The molecule has 1 aliphatic heterocycles. The van der Waals surface area contributed by atoms with Crippen LogP contribution in [0.5, 0.6) is 0 Å². The summed E-state index contributed by atoms with van der Waals surface area (Å²) in [6.07, 6.45) is 2.20. The molecule has 4 nitrogen and oxygen atoms in total. The fraction of sp³-hybridized carbons (Fsp3) is 0.611. The highest BCUT2D eigenvalue weighted by molar-refractivity contribution is 5.82. The number of nitrogens with two attached hydrogens (primary N) is 1. The number of rotatable bonds is 5. The lowest BCUT2D eigenvalue weighted by molar-refractivity contribution is -0.135. The molecule has 1 saturated heterocycles. The molecule has 0 unspecified atom stereocenters. The first kappa shape index (κ1) is 17.0. The SMILES string of the molecule is CC(C)[C@H](N)C(=O)N(C)[C@@H]1CCCN(Cc2ccccc2)C1. The van der Waals surface area contributed by atoms with Gasteiger partial charge in [-0.1, -0.05) is 44.2 Å². The van der Waals surface area contributed by atoms with E-state index in [0.717, 1.165) is 32.5 Å². The Kier molecular flexibility index (Phi) is 5.98. The fourth-order valence-electron chi connectivity index (χ4n) is 3.03. The first-order valence-corrected chi connectivity index (χ1v) is 8.27. The quantitative estimate of drug-likeness (QED) is 0.906. The second-order valence-electron chi connectivity index (χ2n) is 6.74. The molecule has 0 bridgehead atoms. The lowest BCUT2D eigenvalue weighted by Crippen LogP contribution is -2.53. The van der Waals surface area contributed by atoms with E-state index in [1.165, 1.54) is 5.56 Å². The minimum Gasteiger partial charge on any atom is -0.340 e. The maximum absolute atomic E-state index is 12.4. The van der Waals surface area contributed by atoms with Gasteiger partial charge in [-0.3, -0.25) is 9.69 Å². The molecule has 0 aliphatic carbocycles. The summed E-state index contributed by atoms with van der Waals surface area (Å²) in [4.78, 5) is 16.7. The number of likely N-dealkylation sites (tertiary alicyclic amines) is 1. The summed E-state index contributed by atoms with van der Waals surface area (Å²) in [6, 6.07) is 10.4. The smallest absolute Gasteiger partial charge is 0.239 e. The lowest BCUT2D eigenvalue weighted by atomic mass is 10.00. The summed E-state index contributed by atoms with van der Waals surface area (Å²) in [6.45, 7) is 6.99. The van der Waals surface area contributed by atoms with Crippen LogP contribution in [-0.2, 0) is 11.3 Å². The van der Waals surface area contributed by atoms with Crippen molar-refractivity contribution in [2.24, 2.45) is 11.7 Å². The Morgan fingerprint density at radius 1 is 1.36 bits per heavy atom. The van der Waals surface area contributed by atoms with Crippen molar-refractivity contribution >= 4 is 5.91 Å². The molecule has 2 N–H and O–H groups in total. The van der Waals surface area contributed by atoms with Crippen molar-refractivity contribution in [2.45, 2.75) is 45.3 Å². The first-order valence-electron chi connectivity index (χ1n) is 8.27. The normalized spacial score (nSPS) is 20.9. The number of hydrogen-bond acceptors (Lipinski definition) is 3. The van der Waals surface area contributed by atoms with Crippen LogP contribution in [0.2, 0.25) is 0 Å². The number of likely N-dealkylation sites (N-methyl/N-ethyl adjacent to an activating group) is 1. The zero-order chi connectivity index (χ0) is 16.1. The molecule has 0 saturated carbocycles. The average molecular weight is 303 g/mol. The predicted molar refractivity (Wildman–Crippen MR) is 90.3 cm³/mol. The third-order valence-electron chi connectivity index (χ3n) is 4.63. The van der Waals surface area contributed by atoms with Gasteiger partial charge in [0.2, 0.25) is 5.91 Å². The molecule has 1 heterocycles. The van der Waals surface area contributed by atoms with Gasteiger partial charge in [-0.15, -0.1) is 0 Å². The van der Waals surface area contributed by atoms with Gasteiger partial charge in [-0.25, -0.2) is 0 Å². The molecule has 0 radical (unpaired) electrons. The van der Waals surface area contributed by atoms with Crippen LogP contribution in [-0.4, -0.2) is 47.9 Å². The number of carbonyl (C=O) groups excluding carboxylic acids is 1. The molecule has 2 atom stereocenters. The molecule has 1 amide bonds. The van der Waals surface area contributed by atoms with Gasteiger partial charge in [0.05, 0.1) is 6.04 Å². The predicted octanol–water partition coefficient (Wildman–Crippen LogP) is 2.09. The molecule has 0 spiro atoms. The molecule has 122 valence electrons. The third kappa shape index (κ3) is 4.31. The van der Waals surface area contributed by atoms with Crippen molar-refractivity contribution in [3.8, 4) is 0 Å².